The predicted molar refractivity (Wildman–Crippen MR) is 77.9 cm³/mol. The summed E-state index contributed by atoms with van der Waals surface area (Å²) >= 11 is 0. The lowest BCUT2D eigenvalue weighted by Gasteiger charge is -2.18. The number of hydrogen-bond donors (Lipinski definition) is 0. The minimum absolute atomic E-state index is 0.112. The van der Waals surface area contributed by atoms with Gasteiger partial charge < -0.3 is 9.42 Å². The molecule has 2 aromatic rings. The third-order valence-electron chi connectivity index (χ3n) is 3.14. The quantitative estimate of drug-likeness (QED) is 0.864. The van der Waals surface area contributed by atoms with Gasteiger partial charge in [-0.2, -0.15) is 0 Å². The molecule has 21 heavy (non-hydrogen) atoms. The fraction of sp³-hybridized carbons (Fsp3) is 0.467. The molecular weight excluding hydrogens is 268 g/mol. The molecule has 0 aliphatic rings. The molecule has 0 saturated heterocycles. The molecule has 0 spiro atoms. The second-order valence-corrected chi connectivity index (χ2v) is 5.46. The van der Waals surface area contributed by atoms with Crippen LogP contribution in [0, 0.1) is 13.8 Å². The molecule has 2 rings (SSSR count). The summed E-state index contributed by atoms with van der Waals surface area (Å²) in [5, 5.41) is 3.90. The first-order valence-electron chi connectivity index (χ1n) is 6.89. The zero-order chi connectivity index (χ0) is 15.6. The zero-order valence-electron chi connectivity index (χ0n) is 13.0. The van der Waals surface area contributed by atoms with Crippen LogP contribution in [0.1, 0.15) is 53.1 Å². The van der Waals surface area contributed by atoms with Crippen molar-refractivity contribution in [3.63, 3.8) is 0 Å². The Morgan fingerprint density at radius 2 is 2.10 bits per heavy atom. The Kier molecular flexibility index (Phi) is 4.35. The van der Waals surface area contributed by atoms with E-state index in [2.05, 4.69) is 15.1 Å². The van der Waals surface area contributed by atoms with E-state index in [1.165, 1.54) is 0 Å². The maximum atomic E-state index is 12.6. The molecule has 112 valence electrons. The number of carbonyl (C=O) groups excluding carboxylic acids is 1. The fourth-order valence-corrected chi connectivity index (χ4v) is 2.11. The molecule has 1 amide bonds. The normalized spacial score (nSPS) is 11.0. The van der Waals surface area contributed by atoms with Crippen molar-refractivity contribution < 1.29 is 9.32 Å². The van der Waals surface area contributed by atoms with E-state index in [4.69, 9.17) is 4.52 Å². The highest BCUT2D eigenvalue weighted by Gasteiger charge is 2.20. The lowest BCUT2D eigenvalue weighted by Crippen LogP contribution is -2.28. The maximum Gasteiger partial charge on any atom is 0.257 e. The highest BCUT2D eigenvalue weighted by molar-refractivity contribution is 5.94. The summed E-state index contributed by atoms with van der Waals surface area (Å²) in [6, 6.07) is 1.82. The van der Waals surface area contributed by atoms with Gasteiger partial charge in [-0.25, -0.2) is 9.97 Å². The molecule has 0 radical (unpaired) electrons. The van der Waals surface area contributed by atoms with Gasteiger partial charge in [-0.3, -0.25) is 4.79 Å². The van der Waals surface area contributed by atoms with Gasteiger partial charge in [0.15, 0.2) is 0 Å². The number of carbonyl (C=O) groups is 1. The molecule has 0 aromatic carbocycles. The smallest absolute Gasteiger partial charge is 0.257 e. The molecule has 2 heterocycles. The van der Waals surface area contributed by atoms with Crippen LogP contribution in [0.3, 0.4) is 0 Å². The van der Waals surface area contributed by atoms with Crippen LogP contribution in [-0.2, 0) is 6.54 Å². The van der Waals surface area contributed by atoms with Crippen molar-refractivity contribution in [3.05, 3.63) is 40.8 Å². The largest absolute Gasteiger partial charge is 0.361 e. The topological polar surface area (TPSA) is 72.1 Å². The summed E-state index contributed by atoms with van der Waals surface area (Å²) in [5.74, 6) is 1.45. The van der Waals surface area contributed by atoms with Gasteiger partial charge in [0.05, 0.1) is 17.8 Å². The molecule has 0 atom stereocenters. The predicted octanol–water partition coefficient (Wildman–Crippen LogP) is 2.48. The summed E-state index contributed by atoms with van der Waals surface area (Å²) in [6.45, 7) is 8.06. The summed E-state index contributed by atoms with van der Waals surface area (Å²) in [5.41, 5.74) is 2.04. The van der Waals surface area contributed by atoms with Gasteiger partial charge in [0.2, 0.25) is 0 Å². The SMILES string of the molecule is Cc1ncc(C(=O)N(C)Cc2cc(C)on2)c(C(C)C)n1. The first-order chi connectivity index (χ1) is 9.88. The Morgan fingerprint density at radius 3 is 2.67 bits per heavy atom. The zero-order valence-corrected chi connectivity index (χ0v) is 13.0. The van der Waals surface area contributed by atoms with Crippen molar-refractivity contribution in [2.24, 2.45) is 0 Å². The molecular formula is C15H20N4O2. The van der Waals surface area contributed by atoms with Crippen LogP contribution in [0.5, 0.6) is 0 Å². The average Bonchev–Trinajstić information content (AvgIpc) is 2.83. The Bertz CT molecular complexity index is 649. The number of nitrogens with zero attached hydrogens (tertiary/aromatic N) is 4. The lowest BCUT2D eigenvalue weighted by molar-refractivity contribution is 0.0779. The van der Waals surface area contributed by atoms with Crippen LogP contribution in [0.2, 0.25) is 0 Å². The second-order valence-electron chi connectivity index (χ2n) is 5.46. The van der Waals surface area contributed by atoms with Gasteiger partial charge in [0.1, 0.15) is 17.3 Å². The van der Waals surface area contributed by atoms with Crippen molar-refractivity contribution in [1.82, 2.24) is 20.0 Å². The van der Waals surface area contributed by atoms with Crippen LogP contribution < -0.4 is 0 Å². The molecule has 0 N–H and O–H groups in total. The van der Waals surface area contributed by atoms with Crippen LogP contribution >= 0.6 is 0 Å². The third-order valence-corrected chi connectivity index (χ3v) is 3.14. The van der Waals surface area contributed by atoms with Gasteiger partial charge in [-0.15, -0.1) is 0 Å². The van der Waals surface area contributed by atoms with E-state index in [1.54, 1.807) is 18.1 Å². The standard InChI is InChI=1S/C15H20N4O2/c1-9(2)14-13(7-16-11(4)17-14)15(20)19(5)8-12-6-10(3)21-18-12/h6-7,9H,8H2,1-5H3. The Balaban J connectivity index is 2.23. The van der Waals surface area contributed by atoms with E-state index in [1.807, 2.05) is 33.8 Å². The van der Waals surface area contributed by atoms with Crippen LogP contribution in [0.4, 0.5) is 0 Å². The van der Waals surface area contributed by atoms with E-state index in [0.29, 0.717) is 17.9 Å². The lowest BCUT2D eigenvalue weighted by atomic mass is 10.0. The van der Waals surface area contributed by atoms with Gasteiger partial charge in [0, 0.05) is 19.3 Å². The monoisotopic (exact) mass is 288 g/mol. The molecule has 6 nitrogen and oxygen atoms in total. The minimum atomic E-state index is -0.112. The van der Waals surface area contributed by atoms with Crippen molar-refractivity contribution >= 4 is 5.91 Å². The third kappa shape index (κ3) is 3.45. The van der Waals surface area contributed by atoms with Gasteiger partial charge in [-0.1, -0.05) is 19.0 Å². The average molecular weight is 288 g/mol. The van der Waals surface area contributed by atoms with E-state index in [9.17, 15) is 4.79 Å². The van der Waals surface area contributed by atoms with E-state index >= 15 is 0 Å². The summed E-state index contributed by atoms with van der Waals surface area (Å²) in [7, 11) is 1.73. The highest BCUT2D eigenvalue weighted by Crippen LogP contribution is 2.18. The number of rotatable bonds is 4. The minimum Gasteiger partial charge on any atom is -0.361 e. The first-order valence-corrected chi connectivity index (χ1v) is 6.89. The summed E-state index contributed by atoms with van der Waals surface area (Å²) in [4.78, 5) is 22.7. The van der Waals surface area contributed by atoms with Crippen molar-refractivity contribution in [2.75, 3.05) is 7.05 Å². The summed E-state index contributed by atoms with van der Waals surface area (Å²) < 4.78 is 5.02. The Hall–Kier alpha value is -2.24. The van der Waals surface area contributed by atoms with Gasteiger partial charge >= 0.3 is 0 Å². The number of hydrogen-bond acceptors (Lipinski definition) is 5. The van der Waals surface area contributed by atoms with Crippen molar-refractivity contribution in [1.29, 1.82) is 0 Å². The Morgan fingerprint density at radius 1 is 1.38 bits per heavy atom. The maximum absolute atomic E-state index is 12.6. The first kappa shape index (κ1) is 15.2. The molecule has 0 saturated carbocycles. The van der Waals surface area contributed by atoms with Crippen LogP contribution in [0.15, 0.2) is 16.8 Å². The van der Waals surface area contributed by atoms with Crippen molar-refractivity contribution in [3.8, 4) is 0 Å². The van der Waals surface area contributed by atoms with Gasteiger partial charge in [0.25, 0.3) is 5.91 Å². The van der Waals surface area contributed by atoms with E-state index < -0.39 is 0 Å². The molecule has 6 heteroatoms. The van der Waals surface area contributed by atoms with E-state index in [0.717, 1.165) is 17.1 Å². The highest BCUT2D eigenvalue weighted by atomic mass is 16.5. The molecule has 2 aromatic heterocycles. The van der Waals surface area contributed by atoms with Crippen LogP contribution in [0.25, 0.3) is 0 Å². The molecule has 0 aliphatic carbocycles. The number of amides is 1. The van der Waals surface area contributed by atoms with E-state index in [-0.39, 0.29) is 11.8 Å². The molecule has 0 bridgehead atoms. The second kappa shape index (κ2) is 6.03. The fourth-order valence-electron chi connectivity index (χ4n) is 2.11. The molecule has 0 fully saturated rings. The molecule has 0 unspecified atom stereocenters. The van der Waals surface area contributed by atoms with Crippen LogP contribution in [-0.4, -0.2) is 33.0 Å². The number of aryl methyl sites for hydroxylation is 2. The summed E-state index contributed by atoms with van der Waals surface area (Å²) in [6.07, 6.45) is 1.60. The molecule has 0 aliphatic heterocycles. The number of aromatic nitrogens is 3. The van der Waals surface area contributed by atoms with Gasteiger partial charge in [-0.05, 0) is 19.8 Å². The van der Waals surface area contributed by atoms with Crippen molar-refractivity contribution in [2.45, 2.75) is 40.2 Å². The Labute approximate surface area is 124 Å².